The zero-order valence-electron chi connectivity index (χ0n) is 20.8. The predicted octanol–water partition coefficient (Wildman–Crippen LogP) is 5.54. The summed E-state index contributed by atoms with van der Waals surface area (Å²) in [5, 5.41) is 14.7. The van der Waals surface area contributed by atoms with Gasteiger partial charge in [0.05, 0.1) is 18.0 Å². The highest BCUT2D eigenvalue weighted by Gasteiger charge is 2.26. The van der Waals surface area contributed by atoms with Crippen LogP contribution in [0.5, 0.6) is 5.75 Å². The van der Waals surface area contributed by atoms with Gasteiger partial charge >= 0.3 is 6.09 Å². The van der Waals surface area contributed by atoms with Gasteiger partial charge in [-0.05, 0) is 55.2 Å². The first kappa shape index (κ1) is 27.3. The number of carbonyl (C=O) groups is 2. The number of hydrogen-bond acceptors (Lipinski definition) is 6. The van der Waals surface area contributed by atoms with Crippen molar-refractivity contribution in [2.75, 3.05) is 29.6 Å². The second-order valence-electron chi connectivity index (χ2n) is 8.46. The lowest BCUT2D eigenvalue weighted by Gasteiger charge is -2.26. The first-order valence-electron chi connectivity index (χ1n) is 12.1. The van der Waals surface area contributed by atoms with E-state index in [1.165, 1.54) is 6.08 Å². The molecular weight excluding hydrogens is 470 g/mol. The summed E-state index contributed by atoms with van der Waals surface area (Å²) in [6.45, 7) is 1.96. The maximum atomic E-state index is 12.8. The molecule has 0 fully saturated rings. The summed E-state index contributed by atoms with van der Waals surface area (Å²) in [5.74, 6) is 0.150. The van der Waals surface area contributed by atoms with Crippen molar-refractivity contribution in [3.05, 3.63) is 96.6 Å². The third-order valence-corrected chi connectivity index (χ3v) is 5.62. The molecular formula is C29H33N3O5. The molecule has 0 aliphatic heterocycles. The fourth-order valence-corrected chi connectivity index (χ4v) is 3.76. The number of carbonyl (C=O) groups excluding carboxylic acids is 2. The number of nitrogens with two attached hydrogens (primary N) is 1. The van der Waals surface area contributed by atoms with E-state index in [0.29, 0.717) is 41.2 Å². The average Bonchev–Trinajstić information content (AvgIpc) is 2.90. The van der Waals surface area contributed by atoms with Gasteiger partial charge in [-0.15, -0.1) is 0 Å². The van der Waals surface area contributed by atoms with Crippen LogP contribution in [0, 0.1) is 5.92 Å². The maximum absolute atomic E-state index is 12.8. The zero-order valence-corrected chi connectivity index (χ0v) is 20.8. The number of hydrogen-bond donors (Lipinski definition) is 4. The minimum absolute atomic E-state index is 0.113. The zero-order chi connectivity index (χ0) is 26.5. The third-order valence-electron chi connectivity index (χ3n) is 5.62. The van der Waals surface area contributed by atoms with Crippen LogP contribution in [0.2, 0.25) is 0 Å². The number of benzene rings is 3. The van der Waals surface area contributed by atoms with Crippen molar-refractivity contribution in [1.29, 1.82) is 0 Å². The minimum atomic E-state index is -0.620. The van der Waals surface area contributed by atoms with E-state index in [9.17, 15) is 14.7 Å². The summed E-state index contributed by atoms with van der Waals surface area (Å²) in [6, 6.07) is 23.4. The first-order chi connectivity index (χ1) is 18.0. The van der Waals surface area contributed by atoms with Crippen LogP contribution in [0.15, 0.2) is 91.0 Å². The molecule has 3 aromatic carbocycles. The molecule has 2 atom stereocenters. The lowest BCUT2D eigenvalue weighted by Crippen LogP contribution is -2.22. The first-order valence-corrected chi connectivity index (χ1v) is 12.1. The summed E-state index contributed by atoms with van der Waals surface area (Å²) < 4.78 is 11.6. The van der Waals surface area contributed by atoms with Gasteiger partial charge in [0.25, 0.3) is 0 Å². The van der Waals surface area contributed by atoms with Crippen molar-refractivity contribution in [2.24, 2.45) is 5.92 Å². The fraction of sp³-hybridized carbons (Fsp3) is 0.241. The highest BCUT2D eigenvalue weighted by Crippen LogP contribution is 2.35. The standard InChI is InChI=1S/C29H33N3O5/c1-21(11-5-10-18-27(34)32-25-16-8-7-15-24(25)30)28(23-14-6-9-17-26(23)36-20-19-33)37-29(35)31-22-12-3-2-4-13-22/h2-4,6-10,12-18,21,28,33H,5,11,19-20,30H2,1H3,(H,31,35)(H,32,34)/b18-10+/t21-,28-/m1/s1. The number of rotatable bonds is 12. The number of aliphatic hydroxyl groups excluding tert-OH is 1. The molecule has 0 unspecified atom stereocenters. The Bertz CT molecular complexity index is 1180. The van der Waals surface area contributed by atoms with Gasteiger partial charge in [-0.2, -0.15) is 0 Å². The average molecular weight is 504 g/mol. The highest BCUT2D eigenvalue weighted by molar-refractivity contribution is 6.01. The summed E-state index contributed by atoms with van der Waals surface area (Å²) in [7, 11) is 0. The lowest BCUT2D eigenvalue weighted by molar-refractivity contribution is -0.111. The third kappa shape index (κ3) is 8.70. The Morgan fingerprint density at radius 2 is 1.68 bits per heavy atom. The number of allylic oxidation sites excluding steroid dienone is 1. The summed E-state index contributed by atoms with van der Waals surface area (Å²) >= 11 is 0. The van der Waals surface area contributed by atoms with Gasteiger partial charge in [0.2, 0.25) is 5.91 Å². The maximum Gasteiger partial charge on any atom is 0.412 e. The van der Waals surface area contributed by atoms with Crippen LogP contribution < -0.4 is 21.1 Å². The lowest BCUT2D eigenvalue weighted by atomic mass is 9.92. The molecule has 0 saturated carbocycles. The van der Waals surface area contributed by atoms with E-state index in [1.54, 1.807) is 48.5 Å². The van der Waals surface area contributed by atoms with E-state index in [-0.39, 0.29) is 25.0 Å². The summed E-state index contributed by atoms with van der Waals surface area (Å²) in [5.41, 5.74) is 8.25. The Labute approximate surface area is 217 Å². The Morgan fingerprint density at radius 1 is 0.973 bits per heavy atom. The molecule has 8 nitrogen and oxygen atoms in total. The SMILES string of the molecule is C[C@H](CC/C=C/C(=O)Nc1ccccc1N)[C@@H](OC(=O)Nc1ccccc1)c1ccccc1OCCO. The Balaban J connectivity index is 1.67. The molecule has 8 heteroatoms. The molecule has 3 rings (SSSR count). The molecule has 0 bridgehead atoms. The number of aliphatic hydroxyl groups is 1. The minimum Gasteiger partial charge on any atom is -0.491 e. The van der Waals surface area contributed by atoms with E-state index in [0.717, 1.165) is 0 Å². The van der Waals surface area contributed by atoms with Crippen LogP contribution in [-0.4, -0.2) is 30.3 Å². The van der Waals surface area contributed by atoms with Crippen LogP contribution in [0.3, 0.4) is 0 Å². The molecule has 194 valence electrons. The van der Waals surface area contributed by atoms with E-state index < -0.39 is 12.2 Å². The number of amides is 2. The van der Waals surface area contributed by atoms with E-state index in [4.69, 9.17) is 15.2 Å². The van der Waals surface area contributed by atoms with Crippen LogP contribution in [0.4, 0.5) is 21.9 Å². The van der Waals surface area contributed by atoms with E-state index in [1.807, 2.05) is 43.3 Å². The molecule has 0 aliphatic rings. The van der Waals surface area contributed by atoms with Crippen molar-refractivity contribution in [3.63, 3.8) is 0 Å². The molecule has 0 aromatic heterocycles. The molecule has 0 spiro atoms. The largest absolute Gasteiger partial charge is 0.491 e. The molecule has 0 saturated heterocycles. The second-order valence-corrected chi connectivity index (χ2v) is 8.46. The van der Waals surface area contributed by atoms with Crippen molar-refractivity contribution in [3.8, 4) is 5.75 Å². The quantitative estimate of drug-likeness (QED) is 0.190. The Kier molecular flexibility index (Phi) is 10.6. The van der Waals surface area contributed by atoms with Crippen LogP contribution >= 0.6 is 0 Å². The van der Waals surface area contributed by atoms with Crippen LogP contribution in [0.25, 0.3) is 0 Å². The monoisotopic (exact) mass is 503 g/mol. The van der Waals surface area contributed by atoms with Crippen LogP contribution in [0.1, 0.15) is 31.4 Å². The number of para-hydroxylation sites is 4. The number of anilines is 3. The topological polar surface area (TPSA) is 123 Å². The molecule has 37 heavy (non-hydrogen) atoms. The van der Waals surface area contributed by atoms with E-state index in [2.05, 4.69) is 10.6 Å². The number of nitrogen functional groups attached to an aromatic ring is 1. The van der Waals surface area contributed by atoms with Crippen molar-refractivity contribution < 1.29 is 24.2 Å². The van der Waals surface area contributed by atoms with Gasteiger partial charge in [-0.1, -0.05) is 61.5 Å². The normalized spacial score (nSPS) is 12.5. The highest BCUT2D eigenvalue weighted by atomic mass is 16.6. The van der Waals surface area contributed by atoms with Crippen molar-refractivity contribution >= 4 is 29.1 Å². The van der Waals surface area contributed by atoms with Gasteiger partial charge in [-0.25, -0.2) is 4.79 Å². The molecule has 0 heterocycles. The molecule has 3 aromatic rings. The smallest absolute Gasteiger partial charge is 0.412 e. The Hall–Kier alpha value is -4.30. The number of nitrogens with one attached hydrogen (secondary N) is 2. The fourth-order valence-electron chi connectivity index (χ4n) is 3.76. The van der Waals surface area contributed by atoms with Crippen LogP contribution in [-0.2, 0) is 9.53 Å². The van der Waals surface area contributed by atoms with Gasteiger partial charge in [0.1, 0.15) is 18.5 Å². The van der Waals surface area contributed by atoms with Gasteiger partial charge in [0, 0.05) is 11.3 Å². The molecule has 0 aliphatic carbocycles. The van der Waals surface area contributed by atoms with Crippen molar-refractivity contribution in [1.82, 2.24) is 0 Å². The van der Waals surface area contributed by atoms with Gasteiger partial charge in [0.15, 0.2) is 0 Å². The molecule has 2 amide bonds. The molecule has 5 N–H and O–H groups in total. The summed E-state index contributed by atoms with van der Waals surface area (Å²) in [6.07, 6.45) is 3.25. The van der Waals surface area contributed by atoms with Gasteiger partial charge in [-0.3, -0.25) is 10.1 Å². The van der Waals surface area contributed by atoms with Gasteiger partial charge < -0.3 is 25.6 Å². The molecule has 0 radical (unpaired) electrons. The number of ether oxygens (including phenoxy) is 2. The predicted molar refractivity (Wildman–Crippen MR) is 145 cm³/mol. The van der Waals surface area contributed by atoms with E-state index >= 15 is 0 Å². The Morgan fingerprint density at radius 3 is 2.43 bits per heavy atom. The second kappa shape index (κ2) is 14.3. The summed E-state index contributed by atoms with van der Waals surface area (Å²) in [4.78, 5) is 25.0. The van der Waals surface area contributed by atoms with Crippen molar-refractivity contribution in [2.45, 2.75) is 25.9 Å².